The van der Waals surface area contributed by atoms with Crippen molar-refractivity contribution in [2.45, 2.75) is 12.5 Å². The van der Waals surface area contributed by atoms with Gasteiger partial charge in [-0.15, -0.1) is 0 Å². The summed E-state index contributed by atoms with van der Waals surface area (Å²) in [6.45, 7) is 0.989. The van der Waals surface area contributed by atoms with Gasteiger partial charge >= 0.3 is 0 Å². The topological polar surface area (TPSA) is 59.8 Å². The predicted octanol–water partition coefficient (Wildman–Crippen LogP) is 0.0929. The number of thioether (sulfide) groups is 1. The molecule has 2 rings (SSSR count). The zero-order chi connectivity index (χ0) is 10.7. The van der Waals surface area contributed by atoms with E-state index >= 15 is 0 Å². The molecule has 5 nitrogen and oxygen atoms in total. The molecule has 1 aliphatic heterocycles. The van der Waals surface area contributed by atoms with Crippen LogP contribution in [0.3, 0.4) is 0 Å². The van der Waals surface area contributed by atoms with E-state index in [1.165, 1.54) is 11.0 Å². The summed E-state index contributed by atoms with van der Waals surface area (Å²) < 4.78 is 0. The molecular formula is C9H14N4OS. The van der Waals surface area contributed by atoms with E-state index in [0.717, 1.165) is 18.1 Å². The van der Waals surface area contributed by atoms with Crippen LogP contribution in [0.2, 0.25) is 0 Å². The van der Waals surface area contributed by atoms with Crippen molar-refractivity contribution in [1.82, 2.24) is 20.3 Å². The Morgan fingerprint density at radius 3 is 3.27 bits per heavy atom. The quantitative estimate of drug-likeness (QED) is 0.740. The Kier molecular flexibility index (Phi) is 3.37. The third-order valence-electron chi connectivity index (χ3n) is 2.32. The molecule has 1 fully saturated rings. The van der Waals surface area contributed by atoms with Gasteiger partial charge in [0.2, 0.25) is 0 Å². The molecule has 0 radical (unpaired) electrons. The summed E-state index contributed by atoms with van der Waals surface area (Å²) in [5, 5.41) is 11.2. The first kappa shape index (κ1) is 10.6. The van der Waals surface area contributed by atoms with Crippen LogP contribution in [0.25, 0.3) is 0 Å². The summed E-state index contributed by atoms with van der Waals surface area (Å²) in [5.74, 6) is 2.21. The molecule has 1 aromatic rings. The molecule has 1 aliphatic rings. The standard InChI is InChI=1S/C9H14N4OS/c1-13-11-5-8(12-13)9(14)4-7-6-15-3-2-10-7/h5,7,10H,2-4,6H2,1H3. The van der Waals surface area contributed by atoms with Gasteiger partial charge in [0.25, 0.3) is 0 Å². The van der Waals surface area contributed by atoms with Crippen LogP contribution in [-0.2, 0) is 7.05 Å². The van der Waals surface area contributed by atoms with Crippen LogP contribution < -0.4 is 5.32 Å². The van der Waals surface area contributed by atoms with Gasteiger partial charge in [-0.05, 0) is 0 Å². The number of aromatic nitrogens is 3. The van der Waals surface area contributed by atoms with Gasteiger partial charge in [-0.25, -0.2) is 0 Å². The lowest BCUT2D eigenvalue weighted by molar-refractivity contribution is 0.0966. The fraction of sp³-hybridized carbons (Fsp3) is 0.667. The van der Waals surface area contributed by atoms with Gasteiger partial charge in [0.1, 0.15) is 5.69 Å². The zero-order valence-electron chi connectivity index (χ0n) is 8.64. The Morgan fingerprint density at radius 2 is 2.67 bits per heavy atom. The average Bonchev–Trinajstić information content (AvgIpc) is 2.66. The fourth-order valence-electron chi connectivity index (χ4n) is 1.55. The first-order valence-electron chi connectivity index (χ1n) is 4.96. The summed E-state index contributed by atoms with van der Waals surface area (Å²) in [4.78, 5) is 13.2. The highest BCUT2D eigenvalue weighted by Crippen LogP contribution is 2.12. The minimum Gasteiger partial charge on any atom is -0.312 e. The van der Waals surface area contributed by atoms with Gasteiger partial charge in [0.15, 0.2) is 5.78 Å². The molecule has 1 saturated heterocycles. The van der Waals surface area contributed by atoms with Crippen molar-refractivity contribution < 1.29 is 4.79 Å². The number of carbonyl (C=O) groups is 1. The van der Waals surface area contributed by atoms with E-state index in [1.54, 1.807) is 7.05 Å². The number of nitrogens with zero attached hydrogens (tertiary/aromatic N) is 3. The lowest BCUT2D eigenvalue weighted by Gasteiger charge is -2.21. The maximum Gasteiger partial charge on any atom is 0.186 e. The minimum absolute atomic E-state index is 0.0723. The van der Waals surface area contributed by atoms with E-state index in [2.05, 4.69) is 15.5 Å². The molecule has 0 amide bonds. The Hall–Kier alpha value is -0.880. The molecule has 0 bridgehead atoms. The van der Waals surface area contributed by atoms with E-state index < -0.39 is 0 Å². The van der Waals surface area contributed by atoms with Crippen molar-refractivity contribution >= 4 is 17.5 Å². The van der Waals surface area contributed by atoms with Crippen LogP contribution in [0.1, 0.15) is 16.9 Å². The Morgan fingerprint density at radius 1 is 1.80 bits per heavy atom. The van der Waals surface area contributed by atoms with E-state index in [9.17, 15) is 4.79 Å². The van der Waals surface area contributed by atoms with Gasteiger partial charge < -0.3 is 5.32 Å². The Bertz CT molecular complexity index is 346. The van der Waals surface area contributed by atoms with E-state index in [1.807, 2.05) is 11.8 Å². The molecule has 1 aromatic heterocycles. The van der Waals surface area contributed by atoms with Crippen LogP contribution in [0.4, 0.5) is 0 Å². The van der Waals surface area contributed by atoms with Crippen molar-refractivity contribution in [3.8, 4) is 0 Å². The first-order valence-corrected chi connectivity index (χ1v) is 6.12. The van der Waals surface area contributed by atoms with Gasteiger partial charge in [0.05, 0.1) is 6.20 Å². The Labute approximate surface area is 92.6 Å². The SMILES string of the molecule is Cn1ncc(C(=O)CC2CSCCN2)n1. The molecular weight excluding hydrogens is 212 g/mol. The summed E-state index contributed by atoms with van der Waals surface area (Å²) in [5.41, 5.74) is 0.467. The number of aryl methyl sites for hydroxylation is 1. The van der Waals surface area contributed by atoms with Gasteiger partial charge in [-0.2, -0.15) is 26.8 Å². The number of Topliss-reactive ketones (excluding diaryl/α,β-unsaturated/α-hetero) is 1. The minimum atomic E-state index is 0.0723. The number of nitrogens with one attached hydrogen (secondary N) is 1. The molecule has 6 heteroatoms. The van der Waals surface area contributed by atoms with E-state index in [-0.39, 0.29) is 5.78 Å². The normalized spacial score (nSPS) is 21.5. The van der Waals surface area contributed by atoms with Crippen LogP contribution in [0.15, 0.2) is 6.20 Å². The second-order valence-electron chi connectivity index (χ2n) is 3.57. The summed E-state index contributed by atoms with van der Waals surface area (Å²) in [7, 11) is 1.71. The maximum atomic E-state index is 11.8. The average molecular weight is 226 g/mol. The van der Waals surface area contributed by atoms with Gasteiger partial charge in [0, 0.05) is 37.6 Å². The van der Waals surface area contributed by atoms with Crippen LogP contribution in [0.5, 0.6) is 0 Å². The molecule has 15 heavy (non-hydrogen) atoms. The summed E-state index contributed by atoms with van der Waals surface area (Å²) in [6, 6.07) is 0.290. The summed E-state index contributed by atoms with van der Waals surface area (Å²) >= 11 is 1.89. The van der Waals surface area contributed by atoms with Crippen molar-refractivity contribution in [3.05, 3.63) is 11.9 Å². The number of ketones is 1. The Balaban J connectivity index is 1.91. The molecule has 0 spiro atoms. The predicted molar refractivity (Wildman–Crippen MR) is 59.1 cm³/mol. The third kappa shape index (κ3) is 2.79. The highest BCUT2D eigenvalue weighted by atomic mass is 32.2. The molecule has 1 N–H and O–H groups in total. The number of hydrogen-bond acceptors (Lipinski definition) is 5. The highest BCUT2D eigenvalue weighted by molar-refractivity contribution is 7.99. The number of rotatable bonds is 3. The van der Waals surface area contributed by atoms with Crippen LogP contribution >= 0.6 is 11.8 Å². The van der Waals surface area contributed by atoms with Crippen molar-refractivity contribution in [2.24, 2.45) is 7.05 Å². The van der Waals surface area contributed by atoms with Crippen LogP contribution in [0, 0.1) is 0 Å². The fourth-order valence-corrected chi connectivity index (χ4v) is 2.50. The molecule has 82 valence electrons. The smallest absolute Gasteiger partial charge is 0.186 e. The van der Waals surface area contributed by atoms with E-state index in [4.69, 9.17) is 0 Å². The van der Waals surface area contributed by atoms with E-state index in [0.29, 0.717) is 18.2 Å². The lowest BCUT2D eigenvalue weighted by atomic mass is 10.1. The zero-order valence-corrected chi connectivity index (χ0v) is 9.46. The number of carbonyl (C=O) groups excluding carboxylic acids is 1. The second kappa shape index (κ2) is 4.76. The van der Waals surface area contributed by atoms with Gasteiger partial charge in [-0.3, -0.25) is 4.79 Å². The molecule has 0 aromatic carbocycles. The second-order valence-corrected chi connectivity index (χ2v) is 4.72. The molecule has 1 unspecified atom stereocenters. The highest BCUT2D eigenvalue weighted by Gasteiger charge is 2.19. The van der Waals surface area contributed by atoms with Crippen molar-refractivity contribution in [3.63, 3.8) is 0 Å². The number of hydrogen-bond donors (Lipinski definition) is 1. The molecule has 0 aliphatic carbocycles. The lowest BCUT2D eigenvalue weighted by Crippen LogP contribution is -2.38. The summed E-state index contributed by atoms with van der Waals surface area (Å²) in [6.07, 6.45) is 2.05. The first-order chi connectivity index (χ1) is 7.25. The van der Waals surface area contributed by atoms with Crippen molar-refractivity contribution in [2.75, 3.05) is 18.1 Å². The van der Waals surface area contributed by atoms with Crippen molar-refractivity contribution in [1.29, 1.82) is 0 Å². The van der Waals surface area contributed by atoms with Gasteiger partial charge in [-0.1, -0.05) is 0 Å². The monoisotopic (exact) mass is 226 g/mol. The van der Waals surface area contributed by atoms with Crippen LogP contribution in [-0.4, -0.2) is 44.9 Å². The maximum absolute atomic E-state index is 11.8. The molecule has 2 heterocycles. The molecule has 1 atom stereocenters. The molecule has 0 saturated carbocycles. The largest absolute Gasteiger partial charge is 0.312 e. The third-order valence-corrected chi connectivity index (χ3v) is 3.45.